The van der Waals surface area contributed by atoms with E-state index in [1.54, 1.807) is 18.2 Å². The molecule has 0 aromatic heterocycles. The Balaban J connectivity index is 3.00. The van der Waals surface area contributed by atoms with Gasteiger partial charge < -0.3 is 4.74 Å². The zero-order valence-electron chi connectivity index (χ0n) is 6.05. The Kier molecular flexibility index (Phi) is 3.21. The van der Waals surface area contributed by atoms with Gasteiger partial charge >= 0.3 is 0 Å². The third-order valence-corrected chi connectivity index (χ3v) is 1.55. The first kappa shape index (κ1) is 9.18. The van der Waals surface area contributed by atoms with Crippen LogP contribution in [-0.2, 0) is 0 Å². The van der Waals surface area contributed by atoms with Crippen LogP contribution in [0.15, 0.2) is 18.2 Å². The van der Waals surface area contributed by atoms with Crippen LogP contribution in [0.25, 0.3) is 0 Å². The molecule has 1 rings (SSSR count). The van der Waals surface area contributed by atoms with Crippen LogP contribution in [0.5, 0.6) is 5.75 Å². The van der Waals surface area contributed by atoms with Crippen molar-refractivity contribution in [2.45, 2.75) is 0 Å². The Hall–Kier alpha value is -0.910. The molecule has 0 N–H and O–H groups in total. The van der Waals surface area contributed by atoms with Crippen molar-refractivity contribution >= 4 is 23.2 Å². The highest BCUT2D eigenvalue weighted by Crippen LogP contribution is 2.20. The summed E-state index contributed by atoms with van der Waals surface area (Å²) in [6.07, 6.45) is 0. The molecule has 62 valence electrons. The molecule has 0 spiro atoms. The Morgan fingerprint density at radius 1 is 1.42 bits per heavy atom. The van der Waals surface area contributed by atoms with E-state index in [4.69, 9.17) is 33.2 Å². The van der Waals surface area contributed by atoms with Crippen LogP contribution in [0.1, 0.15) is 5.56 Å². The highest BCUT2D eigenvalue weighted by Gasteiger charge is 1.98. The van der Waals surface area contributed by atoms with Crippen molar-refractivity contribution in [3.63, 3.8) is 0 Å². The van der Waals surface area contributed by atoms with Crippen molar-refractivity contribution in [1.82, 2.24) is 0 Å². The number of nitriles is 1. The van der Waals surface area contributed by atoms with Crippen LogP contribution in [0, 0.1) is 11.3 Å². The number of rotatable bonds is 2. The smallest absolute Gasteiger partial charge is 0.162 e. The van der Waals surface area contributed by atoms with E-state index in [9.17, 15) is 0 Å². The van der Waals surface area contributed by atoms with Crippen LogP contribution < -0.4 is 4.74 Å². The molecule has 0 saturated carbocycles. The van der Waals surface area contributed by atoms with Crippen molar-refractivity contribution in [3.8, 4) is 11.8 Å². The molecule has 4 heteroatoms. The monoisotopic (exact) mass is 201 g/mol. The minimum absolute atomic E-state index is 0.0468. The van der Waals surface area contributed by atoms with Crippen LogP contribution in [0.2, 0.25) is 5.02 Å². The molecule has 0 amide bonds. The highest BCUT2D eigenvalue weighted by atomic mass is 35.5. The number of benzene rings is 1. The summed E-state index contributed by atoms with van der Waals surface area (Å²) >= 11 is 11.0. The summed E-state index contributed by atoms with van der Waals surface area (Å²) in [7, 11) is 0. The Morgan fingerprint density at radius 3 is 2.75 bits per heavy atom. The molecular formula is C8H5Cl2NO. The van der Waals surface area contributed by atoms with Crippen LogP contribution >= 0.6 is 23.2 Å². The number of hydrogen-bond acceptors (Lipinski definition) is 2. The SMILES string of the molecule is N#Cc1cc(Cl)cc(OCCl)c1. The van der Waals surface area contributed by atoms with Crippen molar-refractivity contribution in [3.05, 3.63) is 28.8 Å². The second kappa shape index (κ2) is 4.20. The van der Waals surface area contributed by atoms with E-state index in [1.165, 1.54) is 0 Å². The predicted molar refractivity (Wildman–Crippen MR) is 47.5 cm³/mol. The van der Waals surface area contributed by atoms with Gasteiger partial charge in [0.15, 0.2) is 6.07 Å². The lowest BCUT2D eigenvalue weighted by Gasteiger charge is -2.01. The van der Waals surface area contributed by atoms with Crippen molar-refractivity contribution in [1.29, 1.82) is 5.26 Å². The van der Waals surface area contributed by atoms with Gasteiger partial charge in [-0.1, -0.05) is 23.2 Å². The van der Waals surface area contributed by atoms with Gasteiger partial charge in [0.2, 0.25) is 0 Å². The van der Waals surface area contributed by atoms with Crippen molar-refractivity contribution in [2.24, 2.45) is 0 Å². The van der Waals surface area contributed by atoms with Gasteiger partial charge in [0.25, 0.3) is 0 Å². The minimum atomic E-state index is 0.0468. The first-order valence-corrected chi connectivity index (χ1v) is 4.07. The second-order valence-corrected chi connectivity index (χ2v) is 2.70. The predicted octanol–water partition coefficient (Wildman–Crippen LogP) is 2.79. The van der Waals surface area contributed by atoms with Crippen molar-refractivity contribution in [2.75, 3.05) is 6.07 Å². The fourth-order valence-electron chi connectivity index (χ4n) is 0.774. The molecule has 0 heterocycles. The van der Waals surface area contributed by atoms with Gasteiger partial charge in [0.1, 0.15) is 5.75 Å². The van der Waals surface area contributed by atoms with E-state index < -0.39 is 0 Å². The van der Waals surface area contributed by atoms with Gasteiger partial charge in [-0.3, -0.25) is 0 Å². The number of halogens is 2. The molecule has 1 aromatic rings. The maximum atomic E-state index is 8.56. The zero-order valence-corrected chi connectivity index (χ0v) is 7.56. The number of ether oxygens (including phenoxy) is 1. The van der Waals surface area contributed by atoms with E-state index in [0.717, 1.165) is 0 Å². The first-order chi connectivity index (χ1) is 5.76. The van der Waals surface area contributed by atoms with Gasteiger partial charge in [-0.15, -0.1) is 0 Å². The largest absolute Gasteiger partial charge is 0.478 e. The number of nitrogens with zero attached hydrogens (tertiary/aromatic N) is 1. The molecule has 1 aromatic carbocycles. The normalized spacial score (nSPS) is 9.08. The van der Waals surface area contributed by atoms with Crippen LogP contribution in [0.3, 0.4) is 0 Å². The fourth-order valence-corrected chi connectivity index (χ4v) is 1.12. The van der Waals surface area contributed by atoms with Crippen LogP contribution in [-0.4, -0.2) is 6.07 Å². The van der Waals surface area contributed by atoms with E-state index in [1.807, 2.05) is 6.07 Å². The van der Waals surface area contributed by atoms with Gasteiger partial charge in [0.05, 0.1) is 11.6 Å². The molecule has 2 nitrogen and oxygen atoms in total. The number of alkyl halides is 1. The van der Waals surface area contributed by atoms with Gasteiger partial charge in [-0.2, -0.15) is 5.26 Å². The van der Waals surface area contributed by atoms with Gasteiger partial charge in [-0.25, -0.2) is 0 Å². The standard InChI is InChI=1S/C8H5Cl2NO/c9-5-12-8-2-6(4-11)1-7(10)3-8/h1-3H,5H2. The summed E-state index contributed by atoms with van der Waals surface area (Å²) in [5.41, 5.74) is 0.461. The molecule has 0 saturated heterocycles. The zero-order chi connectivity index (χ0) is 8.97. The van der Waals surface area contributed by atoms with Crippen LogP contribution in [0.4, 0.5) is 0 Å². The third kappa shape index (κ3) is 2.30. The van der Waals surface area contributed by atoms with Gasteiger partial charge in [0, 0.05) is 5.02 Å². The average molecular weight is 202 g/mol. The lowest BCUT2D eigenvalue weighted by Crippen LogP contribution is -1.89. The van der Waals surface area contributed by atoms with E-state index >= 15 is 0 Å². The fraction of sp³-hybridized carbons (Fsp3) is 0.125. The van der Waals surface area contributed by atoms with E-state index in [-0.39, 0.29) is 6.07 Å². The second-order valence-electron chi connectivity index (χ2n) is 2.04. The summed E-state index contributed by atoms with van der Waals surface area (Å²) in [4.78, 5) is 0. The summed E-state index contributed by atoms with van der Waals surface area (Å²) in [6.45, 7) is 0. The average Bonchev–Trinajstić information content (AvgIpc) is 2.04. The first-order valence-electron chi connectivity index (χ1n) is 3.15. The lowest BCUT2D eigenvalue weighted by atomic mass is 10.2. The third-order valence-electron chi connectivity index (χ3n) is 1.22. The molecular weight excluding hydrogens is 197 g/mol. The summed E-state index contributed by atoms with van der Waals surface area (Å²) in [5, 5.41) is 9.02. The Labute approximate surface area is 80.3 Å². The topological polar surface area (TPSA) is 33.0 Å². The Bertz CT molecular complexity index is 319. The van der Waals surface area contributed by atoms with E-state index in [0.29, 0.717) is 16.3 Å². The maximum Gasteiger partial charge on any atom is 0.162 e. The molecule has 12 heavy (non-hydrogen) atoms. The molecule has 0 bridgehead atoms. The highest BCUT2D eigenvalue weighted by molar-refractivity contribution is 6.30. The minimum Gasteiger partial charge on any atom is -0.478 e. The molecule has 0 unspecified atom stereocenters. The number of hydrogen-bond donors (Lipinski definition) is 0. The van der Waals surface area contributed by atoms with Gasteiger partial charge in [-0.05, 0) is 18.2 Å². The molecule has 0 radical (unpaired) electrons. The molecule has 0 atom stereocenters. The van der Waals surface area contributed by atoms with E-state index in [2.05, 4.69) is 0 Å². The quantitative estimate of drug-likeness (QED) is 0.690. The maximum absolute atomic E-state index is 8.56. The summed E-state index contributed by atoms with van der Waals surface area (Å²) in [5.74, 6) is 0.508. The summed E-state index contributed by atoms with van der Waals surface area (Å²) in [6, 6.07) is 6.74. The molecule has 0 aliphatic carbocycles. The van der Waals surface area contributed by atoms with Crippen molar-refractivity contribution < 1.29 is 4.74 Å². The molecule has 0 aliphatic heterocycles. The lowest BCUT2D eigenvalue weighted by molar-refractivity contribution is 0.388. The Morgan fingerprint density at radius 2 is 2.17 bits per heavy atom. The molecule has 0 fully saturated rings. The summed E-state index contributed by atoms with van der Waals surface area (Å²) < 4.78 is 4.96. The molecule has 0 aliphatic rings.